The highest BCUT2D eigenvalue weighted by Gasteiger charge is 2.19. The van der Waals surface area contributed by atoms with Crippen LogP contribution in [0.1, 0.15) is 63.1 Å². The standard InChI is InChI=1S/C17H27NO/c1-3-5-6-12-19-15-11-10-14-8-7-9-17(18-4-2)16(14)13-15/h10-11,13,17-18H,3-9,12H2,1-2H3. The Labute approximate surface area is 117 Å². The fourth-order valence-electron chi connectivity index (χ4n) is 2.87. The normalized spacial score (nSPS) is 18.1. The summed E-state index contributed by atoms with van der Waals surface area (Å²) < 4.78 is 5.87. The van der Waals surface area contributed by atoms with Crippen LogP contribution in [-0.4, -0.2) is 13.2 Å². The molecular formula is C17H27NO. The summed E-state index contributed by atoms with van der Waals surface area (Å²) >= 11 is 0. The fourth-order valence-corrected chi connectivity index (χ4v) is 2.87. The Kier molecular flexibility index (Phi) is 5.71. The minimum atomic E-state index is 0.521. The first kappa shape index (κ1) is 14.4. The molecule has 0 amide bonds. The Hall–Kier alpha value is -1.02. The third-order valence-corrected chi connectivity index (χ3v) is 3.90. The molecule has 1 N–H and O–H groups in total. The van der Waals surface area contributed by atoms with Crippen LogP contribution in [0.25, 0.3) is 0 Å². The average molecular weight is 261 g/mol. The number of ether oxygens (including phenoxy) is 1. The fraction of sp³-hybridized carbons (Fsp3) is 0.647. The van der Waals surface area contributed by atoms with Crippen molar-refractivity contribution in [1.29, 1.82) is 0 Å². The summed E-state index contributed by atoms with van der Waals surface area (Å²) in [5, 5.41) is 3.59. The van der Waals surface area contributed by atoms with Crippen LogP contribution in [-0.2, 0) is 6.42 Å². The summed E-state index contributed by atoms with van der Waals surface area (Å²) in [5.74, 6) is 1.04. The second-order valence-electron chi connectivity index (χ2n) is 5.42. The molecule has 106 valence electrons. The Bertz CT molecular complexity index is 389. The van der Waals surface area contributed by atoms with Gasteiger partial charge in [-0.25, -0.2) is 0 Å². The monoisotopic (exact) mass is 261 g/mol. The summed E-state index contributed by atoms with van der Waals surface area (Å²) in [7, 11) is 0. The van der Waals surface area contributed by atoms with E-state index in [1.54, 1.807) is 0 Å². The molecule has 0 radical (unpaired) electrons. The molecule has 2 heteroatoms. The first-order chi connectivity index (χ1) is 9.35. The molecule has 0 saturated carbocycles. The van der Waals surface area contributed by atoms with Crippen LogP contribution in [0.15, 0.2) is 18.2 Å². The molecule has 2 rings (SSSR count). The molecule has 1 aliphatic rings. The van der Waals surface area contributed by atoms with Crippen LogP contribution in [0.3, 0.4) is 0 Å². The lowest BCUT2D eigenvalue weighted by Gasteiger charge is -2.26. The molecule has 19 heavy (non-hydrogen) atoms. The Balaban J connectivity index is 2.01. The lowest BCUT2D eigenvalue weighted by atomic mass is 9.87. The molecule has 0 aliphatic heterocycles. The van der Waals surface area contributed by atoms with E-state index in [9.17, 15) is 0 Å². The van der Waals surface area contributed by atoms with Gasteiger partial charge in [-0.2, -0.15) is 0 Å². The van der Waals surface area contributed by atoms with Gasteiger partial charge in [0.15, 0.2) is 0 Å². The third-order valence-electron chi connectivity index (χ3n) is 3.90. The molecule has 1 aliphatic carbocycles. The Morgan fingerprint density at radius 1 is 1.26 bits per heavy atom. The van der Waals surface area contributed by atoms with E-state index in [1.807, 2.05) is 0 Å². The van der Waals surface area contributed by atoms with Gasteiger partial charge in [-0.1, -0.05) is 32.8 Å². The van der Waals surface area contributed by atoms with E-state index in [2.05, 4.69) is 37.4 Å². The molecular weight excluding hydrogens is 234 g/mol. The van der Waals surface area contributed by atoms with Gasteiger partial charge in [-0.05, 0) is 55.5 Å². The van der Waals surface area contributed by atoms with E-state index in [-0.39, 0.29) is 0 Å². The Morgan fingerprint density at radius 3 is 2.95 bits per heavy atom. The van der Waals surface area contributed by atoms with Gasteiger partial charge < -0.3 is 10.1 Å². The largest absolute Gasteiger partial charge is 0.494 e. The van der Waals surface area contributed by atoms with Crippen LogP contribution in [0.2, 0.25) is 0 Å². The maximum absolute atomic E-state index is 5.87. The van der Waals surface area contributed by atoms with E-state index in [0.717, 1.165) is 25.3 Å². The average Bonchev–Trinajstić information content (AvgIpc) is 2.44. The van der Waals surface area contributed by atoms with Crippen LogP contribution in [0.5, 0.6) is 5.75 Å². The highest BCUT2D eigenvalue weighted by Crippen LogP contribution is 2.32. The van der Waals surface area contributed by atoms with Crippen molar-refractivity contribution in [2.45, 2.75) is 58.4 Å². The SMILES string of the molecule is CCCCCOc1ccc2c(c1)C(NCC)CCC2. The zero-order chi connectivity index (χ0) is 13.5. The predicted octanol–water partition coefficient (Wildman–Crippen LogP) is 4.24. The van der Waals surface area contributed by atoms with E-state index in [0.29, 0.717) is 6.04 Å². The van der Waals surface area contributed by atoms with E-state index < -0.39 is 0 Å². The van der Waals surface area contributed by atoms with Gasteiger partial charge in [0.25, 0.3) is 0 Å². The minimum Gasteiger partial charge on any atom is -0.494 e. The molecule has 1 atom stereocenters. The lowest BCUT2D eigenvalue weighted by molar-refractivity contribution is 0.305. The summed E-state index contributed by atoms with van der Waals surface area (Å²) in [6.45, 7) is 6.28. The second kappa shape index (κ2) is 7.54. The quantitative estimate of drug-likeness (QED) is 0.741. The maximum Gasteiger partial charge on any atom is 0.119 e. The van der Waals surface area contributed by atoms with Gasteiger partial charge in [0.1, 0.15) is 5.75 Å². The van der Waals surface area contributed by atoms with E-state index in [1.165, 1.54) is 43.2 Å². The smallest absolute Gasteiger partial charge is 0.119 e. The molecule has 1 unspecified atom stereocenters. The van der Waals surface area contributed by atoms with Gasteiger partial charge in [-0.15, -0.1) is 0 Å². The zero-order valence-corrected chi connectivity index (χ0v) is 12.4. The van der Waals surface area contributed by atoms with E-state index in [4.69, 9.17) is 4.74 Å². The second-order valence-corrected chi connectivity index (χ2v) is 5.42. The molecule has 0 saturated heterocycles. The van der Waals surface area contributed by atoms with Gasteiger partial charge in [0, 0.05) is 6.04 Å². The van der Waals surface area contributed by atoms with Crippen LogP contribution in [0.4, 0.5) is 0 Å². The summed E-state index contributed by atoms with van der Waals surface area (Å²) in [4.78, 5) is 0. The molecule has 2 nitrogen and oxygen atoms in total. The number of benzene rings is 1. The Morgan fingerprint density at radius 2 is 2.16 bits per heavy atom. The minimum absolute atomic E-state index is 0.521. The summed E-state index contributed by atoms with van der Waals surface area (Å²) in [6.07, 6.45) is 7.42. The molecule has 1 aromatic carbocycles. The van der Waals surface area contributed by atoms with Crippen molar-refractivity contribution in [2.75, 3.05) is 13.2 Å². The van der Waals surface area contributed by atoms with Crippen molar-refractivity contribution in [3.05, 3.63) is 29.3 Å². The van der Waals surface area contributed by atoms with Crippen molar-refractivity contribution in [3.8, 4) is 5.75 Å². The first-order valence-corrected chi connectivity index (χ1v) is 7.84. The van der Waals surface area contributed by atoms with Crippen LogP contribution in [0, 0.1) is 0 Å². The number of nitrogens with one attached hydrogen (secondary N) is 1. The number of hydrogen-bond donors (Lipinski definition) is 1. The molecule has 0 spiro atoms. The molecule has 0 fully saturated rings. The van der Waals surface area contributed by atoms with Crippen molar-refractivity contribution in [1.82, 2.24) is 5.32 Å². The molecule has 1 aromatic rings. The lowest BCUT2D eigenvalue weighted by Crippen LogP contribution is -2.24. The summed E-state index contributed by atoms with van der Waals surface area (Å²) in [5.41, 5.74) is 2.96. The number of unbranched alkanes of at least 4 members (excludes halogenated alkanes) is 2. The van der Waals surface area contributed by atoms with Crippen molar-refractivity contribution >= 4 is 0 Å². The number of aryl methyl sites for hydroxylation is 1. The molecule has 0 heterocycles. The van der Waals surface area contributed by atoms with Gasteiger partial charge in [-0.3, -0.25) is 0 Å². The first-order valence-electron chi connectivity index (χ1n) is 7.84. The number of fused-ring (bicyclic) bond motifs is 1. The predicted molar refractivity (Wildman–Crippen MR) is 80.8 cm³/mol. The highest BCUT2D eigenvalue weighted by atomic mass is 16.5. The van der Waals surface area contributed by atoms with Crippen molar-refractivity contribution < 1.29 is 4.74 Å². The highest BCUT2D eigenvalue weighted by molar-refractivity contribution is 5.39. The van der Waals surface area contributed by atoms with Crippen molar-refractivity contribution in [3.63, 3.8) is 0 Å². The van der Waals surface area contributed by atoms with Crippen LogP contribution < -0.4 is 10.1 Å². The van der Waals surface area contributed by atoms with Gasteiger partial charge in [0.05, 0.1) is 6.61 Å². The molecule has 0 bridgehead atoms. The maximum atomic E-state index is 5.87. The number of hydrogen-bond acceptors (Lipinski definition) is 2. The summed E-state index contributed by atoms with van der Waals surface area (Å²) in [6, 6.07) is 7.17. The van der Waals surface area contributed by atoms with Gasteiger partial charge >= 0.3 is 0 Å². The topological polar surface area (TPSA) is 21.3 Å². The van der Waals surface area contributed by atoms with Crippen LogP contribution >= 0.6 is 0 Å². The molecule has 0 aromatic heterocycles. The zero-order valence-electron chi connectivity index (χ0n) is 12.4. The van der Waals surface area contributed by atoms with E-state index >= 15 is 0 Å². The number of rotatable bonds is 7. The third kappa shape index (κ3) is 3.97. The van der Waals surface area contributed by atoms with Gasteiger partial charge in [0.2, 0.25) is 0 Å². The van der Waals surface area contributed by atoms with Crippen molar-refractivity contribution in [2.24, 2.45) is 0 Å².